The van der Waals surface area contributed by atoms with E-state index < -0.39 is 0 Å². The molecule has 0 aliphatic heterocycles. The van der Waals surface area contributed by atoms with Gasteiger partial charge in [0.05, 0.1) is 18.2 Å². The van der Waals surface area contributed by atoms with Crippen molar-refractivity contribution in [2.24, 2.45) is 5.92 Å². The van der Waals surface area contributed by atoms with Gasteiger partial charge in [-0.2, -0.15) is 5.26 Å². The van der Waals surface area contributed by atoms with Gasteiger partial charge in [0, 0.05) is 0 Å². The topological polar surface area (TPSA) is 33.0 Å². The molecule has 1 unspecified atom stereocenters. The average Bonchev–Trinajstić information content (AvgIpc) is 2.55. The van der Waals surface area contributed by atoms with Gasteiger partial charge in [-0.15, -0.1) is 0 Å². The standard InChI is InChI=1S/C19H21NO/c1-3-15(2)12-13-21-19-10-8-18(9-11-19)17-6-4-16(14-20)5-7-17/h4-11,15H,3,12-13H2,1-2H3. The molecule has 0 heterocycles. The van der Waals surface area contributed by atoms with Crippen LogP contribution in [-0.2, 0) is 0 Å². The molecule has 0 saturated carbocycles. The van der Waals surface area contributed by atoms with Crippen LogP contribution in [0.2, 0.25) is 0 Å². The minimum absolute atomic E-state index is 0.684. The van der Waals surface area contributed by atoms with E-state index in [9.17, 15) is 0 Å². The second kappa shape index (κ2) is 7.50. The fourth-order valence-electron chi connectivity index (χ4n) is 2.06. The van der Waals surface area contributed by atoms with E-state index in [-0.39, 0.29) is 0 Å². The van der Waals surface area contributed by atoms with Gasteiger partial charge in [-0.25, -0.2) is 0 Å². The molecule has 2 rings (SSSR count). The van der Waals surface area contributed by atoms with Gasteiger partial charge >= 0.3 is 0 Å². The van der Waals surface area contributed by atoms with Crippen molar-refractivity contribution in [2.45, 2.75) is 26.7 Å². The summed E-state index contributed by atoms with van der Waals surface area (Å²) in [4.78, 5) is 0. The second-order valence-corrected chi connectivity index (χ2v) is 5.36. The number of hydrogen-bond acceptors (Lipinski definition) is 2. The summed E-state index contributed by atoms with van der Waals surface area (Å²) < 4.78 is 5.76. The summed E-state index contributed by atoms with van der Waals surface area (Å²) in [5.41, 5.74) is 2.93. The first-order valence-electron chi connectivity index (χ1n) is 7.46. The van der Waals surface area contributed by atoms with Gasteiger partial charge in [0.15, 0.2) is 0 Å². The third-order valence-electron chi connectivity index (χ3n) is 3.78. The molecule has 2 heteroatoms. The normalized spacial score (nSPS) is 11.7. The van der Waals surface area contributed by atoms with Crippen LogP contribution in [0.4, 0.5) is 0 Å². The Balaban J connectivity index is 1.96. The quantitative estimate of drug-likeness (QED) is 0.742. The third kappa shape index (κ3) is 4.36. The highest BCUT2D eigenvalue weighted by atomic mass is 16.5. The lowest BCUT2D eigenvalue weighted by molar-refractivity contribution is 0.282. The van der Waals surface area contributed by atoms with Gasteiger partial charge in [-0.05, 0) is 47.7 Å². The fourth-order valence-corrected chi connectivity index (χ4v) is 2.06. The molecule has 0 saturated heterocycles. The van der Waals surface area contributed by atoms with E-state index in [0.717, 1.165) is 29.9 Å². The molecule has 0 aromatic heterocycles. The molecule has 0 N–H and O–H groups in total. The van der Waals surface area contributed by atoms with Gasteiger partial charge in [0.25, 0.3) is 0 Å². The van der Waals surface area contributed by atoms with Crippen molar-refractivity contribution < 1.29 is 4.74 Å². The number of benzene rings is 2. The van der Waals surface area contributed by atoms with Crippen molar-refractivity contribution in [3.8, 4) is 22.9 Å². The summed E-state index contributed by atoms with van der Waals surface area (Å²) in [7, 11) is 0. The maximum atomic E-state index is 8.81. The van der Waals surface area contributed by atoms with Crippen LogP contribution in [-0.4, -0.2) is 6.61 Å². The van der Waals surface area contributed by atoms with Crippen molar-refractivity contribution in [3.63, 3.8) is 0 Å². The molecule has 0 bridgehead atoms. The molecule has 0 fully saturated rings. The summed E-state index contributed by atoms with van der Waals surface area (Å²) in [5, 5.41) is 8.81. The van der Waals surface area contributed by atoms with Crippen LogP contribution in [0.25, 0.3) is 11.1 Å². The first kappa shape index (κ1) is 15.1. The van der Waals surface area contributed by atoms with Crippen molar-refractivity contribution in [2.75, 3.05) is 6.61 Å². The van der Waals surface area contributed by atoms with Crippen LogP contribution in [0.5, 0.6) is 5.75 Å². The highest BCUT2D eigenvalue weighted by molar-refractivity contribution is 5.64. The molecule has 0 aliphatic rings. The summed E-state index contributed by atoms with van der Waals surface area (Å²) >= 11 is 0. The zero-order valence-electron chi connectivity index (χ0n) is 12.7. The van der Waals surface area contributed by atoms with Crippen LogP contribution >= 0.6 is 0 Å². The molecule has 0 aliphatic carbocycles. The van der Waals surface area contributed by atoms with Crippen LogP contribution in [0.3, 0.4) is 0 Å². The number of nitrogens with zero attached hydrogens (tertiary/aromatic N) is 1. The van der Waals surface area contributed by atoms with Gasteiger partial charge in [-0.3, -0.25) is 0 Å². The zero-order valence-corrected chi connectivity index (χ0v) is 12.7. The lowest BCUT2D eigenvalue weighted by Crippen LogP contribution is -2.03. The first-order valence-corrected chi connectivity index (χ1v) is 7.46. The summed E-state index contributed by atoms with van der Waals surface area (Å²) in [6.45, 7) is 5.22. The summed E-state index contributed by atoms with van der Waals surface area (Å²) in [6.07, 6.45) is 2.29. The SMILES string of the molecule is CCC(C)CCOc1ccc(-c2ccc(C#N)cc2)cc1. The molecule has 0 spiro atoms. The molecular formula is C19H21NO. The van der Waals surface area contributed by atoms with Gasteiger partial charge in [0.2, 0.25) is 0 Å². The number of rotatable bonds is 6. The largest absolute Gasteiger partial charge is 0.494 e. The smallest absolute Gasteiger partial charge is 0.119 e. The highest BCUT2D eigenvalue weighted by Crippen LogP contribution is 2.23. The molecule has 2 aromatic carbocycles. The van der Waals surface area contributed by atoms with E-state index in [0.29, 0.717) is 11.5 Å². The predicted octanol–water partition coefficient (Wildman–Crippen LogP) is 5.04. The number of ether oxygens (including phenoxy) is 1. The minimum atomic E-state index is 0.684. The van der Waals surface area contributed by atoms with Crippen LogP contribution < -0.4 is 4.74 Å². The molecule has 0 radical (unpaired) electrons. The lowest BCUT2D eigenvalue weighted by atomic mass is 10.0. The Morgan fingerprint density at radius 2 is 1.57 bits per heavy atom. The van der Waals surface area contributed by atoms with Crippen molar-refractivity contribution in [1.29, 1.82) is 5.26 Å². The van der Waals surface area contributed by atoms with E-state index >= 15 is 0 Å². The van der Waals surface area contributed by atoms with Crippen LogP contribution in [0, 0.1) is 17.2 Å². The molecule has 2 aromatic rings. The Hall–Kier alpha value is -2.27. The molecule has 108 valence electrons. The van der Waals surface area contributed by atoms with Gasteiger partial charge in [0.1, 0.15) is 5.75 Å². The van der Waals surface area contributed by atoms with Crippen molar-refractivity contribution in [3.05, 3.63) is 54.1 Å². The summed E-state index contributed by atoms with van der Waals surface area (Å²) in [6, 6.07) is 17.9. The number of nitriles is 1. The zero-order chi connectivity index (χ0) is 15.1. The van der Waals surface area contributed by atoms with Gasteiger partial charge < -0.3 is 4.74 Å². The lowest BCUT2D eigenvalue weighted by Gasteiger charge is -2.10. The Bertz CT molecular complexity index is 593. The second-order valence-electron chi connectivity index (χ2n) is 5.36. The Morgan fingerprint density at radius 3 is 2.10 bits per heavy atom. The molecule has 21 heavy (non-hydrogen) atoms. The molecular weight excluding hydrogens is 258 g/mol. The van der Waals surface area contributed by atoms with E-state index in [2.05, 4.69) is 32.0 Å². The summed E-state index contributed by atoms with van der Waals surface area (Å²) in [5.74, 6) is 1.62. The highest BCUT2D eigenvalue weighted by Gasteiger charge is 2.01. The predicted molar refractivity (Wildman–Crippen MR) is 86.2 cm³/mol. The molecule has 0 amide bonds. The van der Waals surface area contributed by atoms with Crippen molar-refractivity contribution >= 4 is 0 Å². The van der Waals surface area contributed by atoms with Gasteiger partial charge in [-0.1, -0.05) is 44.5 Å². The number of hydrogen-bond donors (Lipinski definition) is 0. The van der Waals surface area contributed by atoms with E-state index in [1.165, 1.54) is 6.42 Å². The minimum Gasteiger partial charge on any atom is -0.494 e. The Labute approximate surface area is 127 Å². The maximum Gasteiger partial charge on any atom is 0.119 e. The molecule has 2 nitrogen and oxygen atoms in total. The fraction of sp³-hybridized carbons (Fsp3) is 0.316. The van der Waals surface area contributed by atoms with Crippen molar-refractivity contribution in [1.82, 2.24) is 0 Å². The van der Waals surface area contributed by atoms with E-state index in [4.69, 9.17) is 10.00 Å². The third-order valence-corrected chi connectivity index (χ3v) is 3.78. The van der Waals surface area contributed by atoms with E-state index in [1.807, 2.05) is 36.4 Å². The maximum absolute atomic E-state index is 8.81. The molecule has 1 atom stereocenters. The van der Waals surface area contributed by atoms with E-state index in [1.54, 1.807) is 0 Å². The Morgan fingerprint density at radius 1 is 1.00 bits per heavy atom. The monoisotopic (exact) mass is 279 g/mol. The Kier molecular flexibility index (Phi) is 5.40. The van der Waals surface area contributed by atoms with Crippen LogP contribution in [0.15, 0.2) is 48.5 Å². The first-order chi connectivity index (χ1) is 10.2. The van der Waals surface area contributed by atoms with Crippen LogP contribution in [0.1, 0.15) is 32.3 Å². The average molecular weight is 279 g/mol.